The minimum absolute atomic E-state index is 0. The predicted molar refractivity (Wildman–Crippen MR) is 57.4 cm³/mol. The van der Waals surface area contributed by atoms with Gasteiger partial charge in [-0.2, -0.15) is 12.1 Å². The number of nitrogens with zero attached hydrogens (tertiary/aromatic N) is 2. The summed E-state index contributed by atoms with van der Waals surface area (Å²) in [6.07, 6.45) is 2.03. The first-order valence-electron chi connectivity index (χ1n) is 4.62. The minimum Gasteiger partial charge on any atom is -0.398 e. The monoisotopic (exact) mass is 272 g/mol. The Bertz CT molecular complexity index is 506. The molecule has 1 aromatic heterocycles. The van der Waals surface area contributed by atoms with Crippen molar-refractivity contribution in [3.05, 3.63) is 41.9 Å². The van der Waals surface area contributed by atoms with Crippen LogP contribution in [0, 0.1) is 12.6 Å². The third-order valence-corrected chi connectivity index (χ3v) is 2.35. The molecular formula is C12H11N2Y-. The van der Waals surface area contributed by atoms with Gasteiger partial charge in [-0.25, -0.2) is 4.85 Å². The molecule has 0 fully saturated rings. The van der Waals surface area contributed by atoms with Gasteiger partial charge >= 0.3 is 0 Å². The van der Waals surface area contributed by atoms with Crippen LogP contribution in [0.5, 0.6) is 0 Å². The van der Waals surface area contributed by atoms with Crippen molar-refractivity contribution in [2.45, 2.75) is 19.9 Å². The van der Waals surface area contributed by atoms with Crippen LogP contribution in [-0.2, 0) is 32.7 Å². The van der Waals surface area contributed by atoms with Crippen LogP contribution in [0.15, 0.2) is 24.4 Å². The Kier molecular flexibility index (Phi) is 4.07. The van der Waals surface area contributed by atoms with E-state index in [4.69, 9.17) is 6.57 Å². The summed E-state index contributed by atoms with van der Waals surface area (Å²) in [5.74, 6) is 0. The largest absolute Gasteiger partial charge is 0.398 e. The van der Waals surface area contributed by atoms with Crippen molar-refractivity contribution in [1.82, 2.24) is 4.57 Å². The normalized spacial score (nSPS) is 10.0. The maximum atomic E-state index is 7.04. The second kappa shape index (κ2) is 4.92. The molecule has 0 amide bonds. The number of rotatable bonds is 1. The van der Waals surface area contributed by atoms with Gasteiger partial charge < -0.3 is 4.57 Å². The van der Waals surface area contributed by atoms with Gasteiger partial charge in [-0.05, 0) is 25.4 Å². The number of fused-ring (bicyclic) bond motifs is 1. The number of hydrogen-bond acceptors (Lipinski definition) is 0. The summed E-state index contributed by atoms with van der Waals surface area (Å²) in [6.45, 7) is 11.3. The molecule has 1 heterocycles. The Balaban J connectivity index is 0.00000112. The van der Waals surface area contributed by atoms with Crippen LogP contribution in [-0.4, -0.2) is 4.57 Å². The van der Waals surface area contributed by atoms with Crippen LogP contribution in [0.4, 0.5) is 5.69 Å². The second-order valence-corrected chi connectivity index (χ2v) is 3.57. The Morgan fingerprint density at radius 3 is 2.73 bits per heavy atom. The predicted octanol–water partition coefficient (Wildman–Crippen LogP) is 3.57. The number of aromatic nitrogens is 1. The molecule has 73 valence electrons. The fourth-order valence-corrected chi connectivity index (χ4v) is 1.65. The van der Waals surface area contributed by atoms with Crippen molar-refractivity contribution >= 4 is 16.6 Å². The van der Waals surface area contributed by atoms with E-state index in [0.29, 0.717) is 11.7 Å². The zero-order chi connectivity index (χ0) is 10.1. The Morgan fingerprint density at radius 2 is 2.13 bits per heavy atom. The van der Waals surface area contributed by atoms with E-state index in [0.717, 1.165) is 10.9 Å². The van der Waals surface area contributed by atoms with E-state index in [1.54, 1.807) is 6.07 Å². The van der Waals surface area contributed by atoms with E-state index in [-0.39, 0.29) is 32.7 Å². The molecule has 0 aliphatic carbocycles. The summed E-state index contributed by atoms with van der Waals surface area (Å²) >= 11 is 0. The third kappa shape index (κ3) is 2.14. The SMILES string of the molecule is [C-]#[N+]c1c[c-]cc2c1ccn2C(C)C.[Y]. The molecule has 15 heavy (non-hydrogen) atoms. The van der Waals surface area contributed by atoms with Gasteiger partial charge in [0, 0.05) is 38.8 Å². The van der Waals surface area contributed by atoms with Crippen molar-refractivity contribution in [2.75, 3.05) is 0 Å². The summed E-state index contributed by atoms with van der Waals surface area (Å²) in [6, 6.07) is 9.09. The molecule has 1 radical (unpaired) electrons. The molecule has 2 rings (SSSR count). The molecule has 0 saturated carbocycles. The molecule has 3 heteroatoms. The molecule has 0 unspecified atom stereocenters. The van der Waals surface area contributed by atoms with Gasteiger partial charge in [0.25, 0.3) is 0 Å². The van der Waals surface area contributed by atoms with E-state index < -0.39 is 0 Å². The van der Waals surface area contributed by atoms with Crippen molar-refractivity contribution in [1.29, 1.82) is 0 Å². The fraction of sp³-hybridized carbons (Fsp3) is 0.250. The zero-order valence-corrected chi connectivity index (χ0v) is 11.7. The Morgan fingerprint density at radius 1 is 1.40 bits per heavy atom. The molecule has 0 bridgehead atoms. The molecule has 0 saturated heterocycles. The van der Waals surface area contributed by atoms with Gasteiger partial charge in [0.2, 0.25) is 5.69 Å². The smallest absolute Gasteiger partial charge is 0.216 e. The maximum absolute atomic E-state index is 7.04. The molecule has 1 aromatic carbocycles. The average molecular weight is 272 g/mol. The standard InChI is InChI=1S/C12H11N2.Y/c1-9(2)14-8-7-10-11(13-3)5-4-6-12(10)14;/h5-9H,1-2H3;/q-1;. The summed E-state index contributed by atoms with van der Waals surface area (Å²) < 4.78 is 2.15. The van der Waals surface area contributed by atoms with Gasteiger partial charge in [0.15, 0.2) is 0 Å². The summed E-state index contributed by atoms with van der Waals surface area (Å²) in [4.78, 5) is 3.48. The summed E-state index contributed by atoms with van der Waals surface area (Å²) in [5.41, 5.74) is 1.77. The molecule has 2 aromatic rings. The molecule has 0 spiro atoms. The topological polar surface area (TPSA) is 9.29 Å². The first-order chi connectivity index (χ1) is 6.74. The molecule has 0 atom stereocenters. The van der Waals surface area contributed by atoms with Crippen molar-refractivity contribution in [3.8, 4) is 0 Å². The quantitative estimate of drug-likeness (QED) is 0.702. The zero-order valence-electron chi connectivity index (χ0n) is 8.86. The minimum atomic E-state index is 0. The van der Waals surface area contributed by atoms with Gasteiger partial charge in [-0.3, -0.25) is 0 Å². The van der Waals surface area contributed by atoms with E-state index in [1.807, 2.05) is 18.3 Å². The summed E-state index contributed by atoms with van der Waals surface area (Å²) in [5, 5.41) is 1.02. The van der Waals surface area contributed by atoms with Crippen LogP contribution in [0.2, 0.25) is 0 Å². The van der Waals surface area contributed by atoms with Gasteiger partial charge in [0.05, 0.1) is 0 Å². The maximum Gasteiger partial charge on any atom is 0.216 e. The van der Waals surface area contributed by atoms with Crippen molar-refractivity contribution < 1.29 is 32.7 Å². The van der Waals surface area contributed by atoms with E-state index in [9.17, 15) is 0 Å². The number of benzene rings is 1. The molecule has 0 N–H and O–H groups in total. The van der Waals surface area contributed by atoms with Crippen LogP contribution in [0.3, 0.4) is 0 Å². The van der Waals surface area contributed by atoms with E-state index in [1.165, 1.54) is 0 Å². The molecule has 0 aliphatic heterocycles. The first-order valence-corrected chi connectivity index (χ1v) is 4.62. The Labute approximate surface area is 115 Å². The molecule has 0 aliphatic rings. The van der Waals surface area contributed by atoms with Crippen LogP contribution in [0.25, 0.3) is 15.7 Å². The van der Waals surface area contributed by atoms with E-state index >= 15 is 0 Å². The van der Waals surface area contributed by atoms with Crippen LogP contribution < -0.4 is 0 Å². The second-order valence-electron chi connectivity index (χ2n) is 3.57. The average Bonchev–Trinajstić information content (AvgIpc) is 2.60. The van der Waals surface area contributed by atoms with Crippen molar-refractivity contribution in [2.24, 2.45) is 0 Å². The van der Waals surface area contributed by atoms with Gasteiger partial charge in [-0.1, -0.05) is 17.6 Å². The third-order valence-electron chi connectivity index (χ3n) is 2.35. The van der Waals surface area contributed by atoms with Crippen LogP contribution >= 0.6 is 0 Å². The van der Waals surface area contributed by atoms with Crippen molar-refractivity contribution in [3.63, 3.8) is 0 Å². The van der Waals surface area contributed by atoms with Gasteiger partial charge in [-0.15, -0.1) is 0 Å². The summed E-state index contributed by atoms with van der Waals surface area (Å²) in [7, 11) is 0. The molecule has 2 nitrogen and oxygen atoms in total. The van der Waals surface area contributed by atoms with E-state index in [2.05, 4.69) is 29.3 Å². The Hall–Kier alpha value is -0.646. The molecular weight excluding hydrogens is 261 g/mol. The number of hydrogen-bond donors (Lipinski definition) is 0. The van der Waals surface area contributed by atoms with Gasteiger partial charge in [0.1, 0.15) is 6.57 Å². The fourth-order valence-electron chi connectivity index (χ4n) is 1.65. The first kappa shape index (κ1) is 12.4. The van der Waals surface area contributed by atoms with Crippen LogP contribution in [0.1, 0.15) is 19.9 Å².